The van der Waals surface area contributed by atoms with Crippen LogP contribution in [-0.4, -0.2) is 19.1 Å². The van der Waals surface area contributed by atoms with Gasteiger partial charge in [-0.05, 0) is 37.9 Å². The average molecular weight is 250 g/mol. The van der Waals surface area contributed by atoms with Crippen molar-refractivity contribution in [3.8, 4) is 6.07 Å². The summed E-state index contributed by atoms with van der Waals surface area (Å²) in [6, 6.07) is 8.20. The van der Waals surface area contributed by atoms with Crippen LogP contribution in [0, 0.1) is 17.2 Å². The van der Waals surface area contributed by atoms with Gasteiger partial charge >= 0.3 is 0 Å². The van der Waals surface area contributed by atoms with E-state index < -0.39 is 0 Å². The normalized spacial score (nSPS) is 23.8. The molecule has 1 saturated heterocycles. The van der Waals surface area contributed by atoms with E-state index >= 15 is 0 Å². The van der Waals surface area contributed by atoms with E-state index in [1.807, 2.05) is 12.1 Å². The molecule has 1 aromatic rings. The molecular formula is C13H16ClN3. The molecule has 2 unspecified atom stereocenters. The van der Waals surface area contributed by atoms with E-state index in [0.29, 0.717) is 29.1 Å². The Kier molecular flexibility index (Phi) is 3.56. The van der Waals surface area contributed by atoms with Crippen LogP contribution in [0.2, 0.25) is 5.02 Å². The molecule has 2 rings (SSSR count). The van der Waals surface area contributed by atoms with E-state index in [1.54, 1.807) is 6.07 Å². The van der Waals surface area contributed by atoms with Crippen LogP contribution in [0.15, 0.2) is 18.2 Å². The first kappa shape index (κ1) is 12.2. The van der Waals surface area contributed by atoms with E-state index in [2.05, 4.69) is 17.9 Å². The third kappa shape index (κ3) is 2.24. The van der Waals surface area contributed by atoms with Gasteiger partial charge in [-0.25, -0.2) is 0 Å². The Morgan fingerprint density at radius 3 is 2.94 bits per heavy atom. The number of hydrogen-bond donors (Lipinski definition) is 1. The summed E-state index contributed by atoms with van der Waals surface area (Å²) in [6.45, 7) is 3.77. The van der Waals surface area contributed by atoms with Crippen LogP contribution in [0.3, 0.4) is 0 Å². The van der Waals surface area contributed by atoms with Gasteiger partial charge in [-0.3, -0.25) is 0 Å². The van der Waals surface area contributed by atoms with Crippen LogP contribution in [0.4, 0.5) is 5.69 Å². The molecule has 0 radical (unpaired) electrons. The fourth-order valence-corrected chi connectivity index (χ4v) is 2.72. The molecule has 4 heteroatoms. The smallest absolute Gasteiger partial charge is 0.103 e. The number of benzene rings is 1. The minimum atomic E-state index is 0.411. The molecule has 17 heavy (non-hydrogen) atoms. The first-order valence-corrected chi connectivity index (χ1v) is 6.20. The lowest BCUT2D eigenvalue weighted by Crippen LogP contribution is -2.28. The number of nitrogens with zero attached hydrogens (tertiary/aromatic N) is 2. The van der Waals surface area contributed by atoms with Crippen LogP contribution in [0.1, 0.15) is 18.9 Å². The molecule has 2 atom stereocenters. The second kappa shape index (κ2) is 4.95. The van der Waals surface area contributed by atoms with Crippen LogP contribution in [-0.2, 0) is 0 Å². The maximum atomic E-state index is 9.18. The zero-order valence-corrected chi connectivity index (χ0v) is 10.6. The van der Waals surface area contributed by atoms with Crippen molar-refractivity contribution in [1.82, 2.24) is 0 Å². The third-order valence-corrected chi connectivity index (χ3v) is 3.72. The Morgan fingerprint density at radius 1 is 1.59 bits per heavy atom. The fraction of sp³-hybridized carbons (Fsp3) is 0.462. The molecule has 0 aromatic heterocycles. The second-order valence-electron chi connectivity index (χ2n) is 4.58. The van der Waals surface area contributed by atoms with Crippen LogP contribution in [0.25, 0.3) is 0 Å². The number of nitrogens with two attached hydrogens (primary N) is 1. The van der Waals surface area contributed by atoms with E-state index in [4.69, 9.17) is 17.3 Å². The fourth-order valence-electron chi connectivity index (χ4n) is 2.51. The largest absolute Gasteiger partial charge is 0.367 e. The SMILES string of the molecule is CC1CC(CN)CN1c1cccc(Cl)c1C#N. The van der Waals surface area contributed by atoms with Gasteiger partial charge in [0.15, 0.2) is 0 Å². The summed E-state index contributed by atoms with van der Waals surface area (Å²) in [5, 5.41) is 9.70. The lowest BCUT2D eigenvalue weighted by Gasteiger charge is -2.25. The molecule has 2 N–H and O–H groups in total. The van der Waals surface area contributed by atoms with Crippen molar-refractivity contribution in [3.05, 3.63) is 28.8 Å². The summed E-state index contributed by atoms with van der Waals surface area (Å²) in [7, 11) is 0. The van der Waals surface area contributed by atoms with Gasteiger partial charge < -0.3 is 10.6 Å². The summed E-state index contributed by atoms with van der Waals surface area (Å²) in [4.78, 5) is 2.24. The van der Waals surface area contributed by atoms with Gasteiger partial charge in [-0.2, -0.15) is 5.26 Å². The predicted molar refractivity (Wildman–Crippen MR) is 70.1 cm³/mol. The van der Waals surface area contributed by atoms with Crippen molar-refractivity contribution >= 4 is 17.3 Å². The summed E-state index contributed by atoms with van der Waals surface area (Å²) >= 11 is 6.05. The van der Waals surface area contributed by atoms with E-state index in [9.17, 15) is 5.26 Å². The van der Waals surface area contributed by atoms with Crippen molar-refractivity contribution in [2.45, 2.75) is 19.4 Å². The molecule has 90 valence electrons. The maximum absolute atomic E-state index is 9.18. The average Bonchev–Trinajstić information content (AvgIpc) is 2.70. The van der Waals surface area contributed by atoms with Gasteiger partial charge in [-0.1, -0.05) is 17.7 Å². The molecule has 3 nitrogen and oxygen atoms in total. The molecule has 0 amide bonds. The molecule has 0 spiro atoms. The first-order chi connectivity index (χ1) is 8.17. The molecule has 0 bridgehead atoms. The minimum Gasteiger partial charge on any atom is -0.367 e. The standard InChI is InChI=1S/C13H16ClN3/c1-9-5-10(6-15)8-17(9)13-4-2-3-12(14)11(13)7-16/h2-4,9-10H,5-6,8,15H2,1H3. The van der Waals surface area contributed by atoms with Crippen molar-refractivity contribution in [2.24, 2.45) is 11.7 Å². The topological polar surface area (TPSA) is 53.0 Å². The van der Waals surface area contributed by atoms with Crippen molar-refractivity contribution < 1.29 is 0 Å². The van der Waals surface area contributed by atoms with Crippen molar-refractivity contribution in [3.63, 3.8) is 0 Å². The third-order valence-electron chi connectivity index (χ3n) is 3.41. The van der Waals surface area contributed by atoms with Gasteiger partial charge in [0.1, 0.15) is 6.07 Å². The van der Waals surface area contributed by atoms with E-state index in [-0.39, 0.29) is 0 Å². The van der Waals surface area contributed by atoms with E-state index in [1.165, 1.54) is 0 Å². The highest BCUT2D eigenvalue weighted by atomic mass is 35.5. The van der Waals surface area contributed by atoms with Gasteiger partial charge in [0.25, 0.3) is 0 Å². The Balaban J connectivity index is 2.35. The molecule has 1 fully saturated rings. The molecule has 0 saturated carbocycles. The summed E-state index contributed by atoms with van der Waals surface area (Å²) < 4.78 is 0. The van der Waals surface area contributed by atoms with Crippen molar-refractivity contribution in [2.75, 3.05) is 18.0 Å². The number of halogens is 1. The Hall–Kier alpha value is -1.24. The highest BCUT2D eigenvalue weighted by molar-refractivity contribution is 6.32. The lowest BCUT2D eigenvalue weighted by atomic mass is 10.1. The quantitative estimate of drug-likeness (QED) is 0.876. The van der Waals surface area contributed by atoms with Crippen molar-refractivity contribution in [1.29, 1.82) is 5.26 Å². The Bertz CT molecular complexity index is 452. The highest BCUT2D eigenvalue weighted by Crippen LogP contribution is 2.33. The monoisotopic (exact) mass is 249 g/mol. The number of nitriles is 1. The zero-order chi connectivity index (χ0) is 12.4. The molecule has 1 aliphatic rings. The summed E-state index contributed by atoms with van der Waals surface area (Å²) in [5.74, 6) is 0.510. The number of anilines is 1. The predicted octanol–water partition coefficient (Wildman–Crippen LogP) is 2.39. The molecular weight excluding hydrogens is 234 g/mol. The molecule has 1 aromatic carbocycles. The van der Waals surface area contributed by atoms with Gasteiger partial charge in [0, 0.05) is 12.6 Å². The molecule has 1 heterocycles. The van der Waals surface area contributed by atoms with Crippen LogP contribution >= 0.6 is 11.6 Å². The molecule has 0 aliphatic carbocycles. The zero-order valence-electron chi connectivity index (χ0n) is 9.86. The van der Waals surface area contributed by atoms with Gasteiger partial charge in [0.2, 0.25) is 0 Å². The second-order valence-corrected chi connectivity index (χ2v) is 4.99. The Morgan fingerprint density at radius 2 is 2.35 bits per heavy atom. The maximum Gasteiger partial charge on any atom is 0.103 e. The number of hydrogen-bond acceptors (Lipinski definition) is 3. The summed E-state index contributed by atoms with van der Waals surface area (Å²) in [5.41, 5.74) is 7.22. The van der Waals surface area contributed by atoms with Gasteiger partial charge in [0.05, 0.1) is 16.3 Å². The first-order valence-electron chi connectivity index (χ1n) is 5.82. The summed E-state index contributed by atoms with van der Waals surface area (Å²) in [6.07, 6.45) is 1.08. The number of rotatable bonds is 2. The van der Waals surface area contributed by atoms with Gasteiger partial charge in [-0.15, -0.1) is 0 Å². The minimum absolute atomic E-state index is 0.411. The van der Waals surface area contributed by atoms with Crippen LogP contribution < -0.4 is 10.6 Å². The highest BCUT2D eigenvalue weighted by Gasteiger charge is 2.29. The van der Waals surface area contributed by atoms with E-state index in [0.717, 1.165) is 18.7 Å². The molecule has 1 aliphatic heterocycles. The Labute approximate surface area is 107 Å². The lowest BCUT2D eigenvalue weighted by molar-refractivity contribution is 0.579. The van der Waals surface area contributed by atoms with Crippen LogP contribution in [0.5, 0.6) is 0 Å².